The quantitative estimate of drug-likeness (QED) is 0.204. The van der Waals surface area contributed by atoms with Crippen molar-refractivity contribution in [1.82, 2.24) is 0 Å². The molecular formula is C18H19IN2O5. The van der Waals surface area contributed by atoms with E-state index in [0.29, 0.717) is 18.8 Å². The first kappa shape index (κ1) is 20.1. The molecular weight excluding hydrogens is 451 g/mol. The average Bonchev–Trinajstić information content (AvgIpc) is 2.64. The number of hydrogen-bond donors (Lipinski definition) is 1. The van der Waals surface area contributed by atoms with Crippen LogP contribution in [0.15, 0.2) is 41.4 Å². The molecule has 0 bridgehead atoms. The molecule has 7 nitrogen and oxygen atoms in total. The van der Waals surface area contributed by atoms with Crippen molar-refractivity contribution < 1.29 is 19.5 Å². The van der Waals surface area contributed by atoms with Gasteiger partial charge in [-0.15, -0.1) is 0 Å². The monoisotopic (exact) mass is 470 g/mol. The van der Waals surface area contributed by atoms with E-state index in [4.69, 9.17) is 9.47 Å². The Morgan fingerprint density at radius 3 is 2.58 bits per heavy atom. The number of aromatic hydroxyl groups is 1. The molecule has 1 N–H and O–H groups in total. The number of benzene rings is 2. The Hall–Kier alpha value is -2.20. The molecule has 0 saturated heterocycles. The first-order valence-electron chi connectivity index (χ1n) is 7.87. The first-order valence-corrected chi connectivity index (χ1v) is 8.95. The summed E-state index contributed by atoms with van der Waals surface area (Å²) in [7, 11) is 1.51. The summed E-state index contributed by atoms with van der Waals surface area (Å²) in [6, 6.07) is 9.61. The number of phenols is 1. The number of rotatable bonds is 8. The van der Waals surface area contributed by atoms with Crippen LogP contribution in [0.4, 0.5) is 5.69 Å². The van der Waals surface area contributed by atoms with Gasteiger partial charge in [0.25, 0.3) is 5.69 Å². The third kappa shape index (κ3) is 5.15. The summed E-state index contributed by atoms with van der Waals surface area (Å²) >= 11 is 2.18. The third-order valence-corrected chi connectivity index (χ3v) is 4.57. The van der Waals surface area contributed by atoms with E-state index in [1.165, 1.54) is 19.2 Å². The van der Waals surface area contributed by atoms with Crippen LogP contribution in [0.5, 0.6) is 11.5 Å². The highest BCUT2D eigenvalue weighted by Gasteiger charge is 2.12. The van der Waals surface area contributed by atoms with Gasteiger partial charge in [0.1, 0.15) is 6.73 Å². The smallest absolute Gasteiger partial charge is 0.269 e. The Labute approximate surface area is 165 Å². The Balaban J connectivity index is 2.01. The topological polar surface area (TPSA) is 94.2 Å². The molecule has 2 aromatic carbocycles. The molecule has 0 radical (unpaired) electrons. The SMILES string of the molecule is CC/C(=N\COCc1ccc([N+](=O)[O-])cc1)c1cc(O)c(OC)cc1I. The second-order valence-corrected chi connectivity index (χ2v) is 6.53. The van der Waals surface area contributed by atoms with Gasteiger partial charge < -0.3 is 14.6 Å². The number of ether oxygens (including phenoxy) is 2. The van der Waals surface area contributed by atoms with Crippen molar-refractivity contribution in [3.05, 3.63) is 61.2 Å². The first-order chi connectivity index (χ1) is 12.5. The summed E-state index contributed by atoms with van der Waals surface area (Å²) in [6.45, 7) is 2.44. The maximum Gasteiger partial charge on any atom is 0.269 e. The number of phenolic OH excluding ortho intramolecular Hbond substituents is 1. The number of nitro benzene ring substituents is 1. The van der Waals surface area contributed by atoms with Crippen LogP contribution in [0.3, 0.4) is 0 Å². The lowest BCUT2D eigenvalue weighted by molar-refractivity contribution is -0.384. The number of nitro groups is 1. The summed E-state index contributed by atoms with van der Waals surface area (Å²) in [5.74, 6) is 0.485. The Morgan fingerprint density at radius 1 is 1.31 bits per heavy atom. The highest BCUT2D eigenvalue weighted by atomic mass is 127. The van der Waals surface area contributed by atoms with E-state index in [9.17, 15) is 15.2 Å². The number of hydrogen-bond acceptors (Lipinski definition) is 6. The minimum Gasteiger partial charge on any atom is -0.504 e. The lowest BCUT2D eigenvalue weighted by Gasteiger charge is -2.11. The van der Waals surface area contributed by atoms with Crippen LogP contribution in [-0.2, 0) is 11.3 Å². The zero-order valence-corrected chi connectivity index (χ0v) is 16.6. The third-order valence-electron chi connectivity index (χ3n) is 3.68. The van der Waals surface area contributed by atoms with Crippen molar-refractivity contribution >= 4 is 34.0 Å². The predicted octanol–water partition coefficient (Wildman–Crippen LogP) is 4.29. The van der Waals surface area contributed by atoms with Gasteiger partial charge in [0.2, 0.25) is 0 Å². The second kappa shape index (κ2) is 9.48. The Morgan fingerprint density at radius 2 is 2.00 bits per heavy atom. The van der Waals surface area contributed by atoms with Crippen LogP contribution in [-0.4, -0.2) is 29.6 Å². The molecule has 0 atom stereocenters. The van der Waals surface area contributed by atoms with Crippen molar-refractivity contribution in [3.63, 3.8) is 0 Å². The van der Waals surface area contributed by atoms with Gasteiger partial charge in [0.05, 0.1) is 18.6 Å². The largest absolute Gasteiger partial charge is 0.504 e. The van der Waals surface area contributed by atoms with Gasteiger partial charge in [-0.1, -0.05) is 6.92 Å². The molecule has 0 saturated carbocycles. The van der Waals surface area contributed by atoms with E-state index < -0.39 is 4.92 Å². The fourth-order valence-electron chi connectivity index (χ4n) is 2.32. The minimum atomic E-state index is -0.436. The normalized spacial score (nSPS) is 11.4. The highest BCUT2D eigenvalue weighted by molar-refractivity contribution is 14.1. The highest BCUT2D eigenvalue weighted by Crippen LogP contribution is 2.31. The molecule has 0 amide bonds. The zero-order valence-electron chi connectivity index (χ0n) is 14.4. The molecule has 26 heavy (non-hydrogen) atoms. The molecule has 138 valence electrons. The lowest BCUT2D eigenvalue weighted by Crippen LogP contribution is -2.05. The second-order valence-electron chi connectivity index (χ2n) is 5.36. The van der Waals surface area contributed by atoms with Crippen molar-refractivity contribution in [1.29, 1.82) is 0 Å². The minimum absolute atomic E-state index is 0.0499. The summed E-state index contributed by atoms with van der Waals surface area (Å²) < 4.78 is 11.6. The van der Waals surface area contributed by atoms with Gasteiger partial charge in [0, 0.05) is 27.0 Å². The van der Waals surface area contributed by atoms with E-state index in [0.717, 1.165) is 20.4 Å². The fraction of sp³-hybridized carbons (Fsp3) is 0.278. The van der Waals surface area contributed by atoms with Crippen LogP contribution in [0, 0.1) is 13.7 Å². The van der Waals surface area contributed by atoms with Crippen LogP contribution in [0.25, 0.3) is 0 Å². The average molecular weight is 470 g/mol. The van der Waals surface area contributed by atoms with E-state index in [1.807, 2.05) is 6.92 Å². The van der Waals surface area contributed by atoms with Crippen LogP contribution in [0.1, 0.15) is 24.5 Å². The molecule has 0 spiro atoms. The van der Waals surface area contributed by atoms with Gasteiger partial charge in [-0.3, -0.25) is 15.1 Å². The summed E-state index contributed by atoms with van der Waals surface area (Å²) in [5.41, 5.74) is 2.54. The molecule has 0 aromatic heterocycles. The van der Waals surface area contributed by atoms with Gasteiger partial charge in [-0.05, 0) is 58.8 Å². The maximum atomic E-state index is 10.6. The number of non-ortho nitro benzene ring substituents is 1. The number of methoxy groups -OCH3 is 1. The molecule has 0 aliphatic carbocycles. The molecule has 0 unspecified atom stereocenters. The van der Waals surface area contributed by atoms with Crippen LogP contribution in [0.2, 0.25) is 0 Å². The van der Waals surface area contributed by atoms with Crippen molar-refractivity contribution in [2.45, 2.75) is 20.0 Å². The lowest BCUT2D eigenvalue weighted by atomic mass is 10.1. The standard InChI is InChI=1S/C18H19IN2O5/c1-3-16(14-8-17(22)18(25-2)9-15(14)19)20-11-26-10-12-4-6-13(7-5-12)21(23)24/h4-9,22H,3,10-11H2,1-2H3/b20-16+. The molecule has 0 heterocycles. The molecule has 2 rings (SSSR count). The fourth-order valence-corrected chi connectivity index (χ4v) is 3.07. The van der Waals surface area contributed by atoms with Crippen molar-refractivity contribution in [2.75, 3.05) is 13.8 Å². The number of aliphatic imine (C=N–C) groups is 1. The zero-order chi connectivity index (χ0) is 19.1. The molecule has 0 aliphatic rings. The number of nitrogens with zero attached hydrogens (tertiary/aromatic N) is 2. The van der Waals surface area contributed by atoms with E-state index in [1.54, 1.807) is 24.3 Å². The summed E-state index contributed by atoms with van der Waals surface area (Å²) in [5, 5.41) is 20.6. The summed E-state index contributed by atoms with van der Waals surface area (Å²) in [4.78, 5) is 14.7. The van der Waals surface area contributed by atoms with Gasteiger partial charge in [-0.2, -0.15) is 0 Å². The van der Waals surface area contributed by atoms with Crippen LogP contribution < -0.4 is 4.74 Å². The van der Waals surface area contributed by atoms with Crippen LogP contribution >= 0.6 is 22.6 Å². The van der Waals surface area contributed by atoms with Gasteiger partial charge >= 0.3 is 0 Å². The maximum absolute atomic E-state index is 10.6. The van der Waals surface area contributed by atoms with Gasteiger partial charge in [-0.25, -0.2) is 0 Å². The van der Waals surface area contributed by atoms with Crippen molar-refractivity contribution in [2.24, 2.45) is 4.99 Å². The molecule has 8 heteroatoms. The van der Waals surface area contributed by atoms with E-state index in [-0.39, 0.29) is 18.2 Å². The molecule has 2 aromatic rings. The Kier molecular flexibility index (Phi) is 7.34. The molecule has 0 aliphatic heterocycles. The predicted molar refractivity (Wildman–Crippen MR) is 107 cm³/mol. The summed E-state index contributed by atoms with van der Waals surface area (Å²) in [6.07, 6.45) is 0.683. The van der Waals surface area contributed by atoms with Crippen molar-refractivity contribution in [3.8, 4) is 11.5 Å². The van der Waals surface area contributed by atoms with E-state index >= 15 is 0 Å². The number of halogens is 1. The molecule has 0 fully saturated rings. The van der Waals surface area contributed by atoms with E-state index in [2.05, 4.69) is 27.6 Å². The Bertz CT molecular complexity index is 806. The van der Waals surface area contributed by atoms with Gasteiger partial charge in [0.15, 0.2) is 11.5 Å².